The van der Waals surface area contributed by atoms with E-state index in [1.165, 1.54) is 4.68 Å². The minimum atomic E-state index is -0.276. The summed E-state index contributed by atoms with van der Waals surface area (Å²) in [5.41, 5.74) is 3.25. The summed E-state index contributed by atoms with van der Waals surface area (Å²) in [5.74, 6) is 1.74. The quantitative estimate of drug-likeness (QED) is 0.475. The molecule has 162 valence electrons. The molecule has 0 bridgehead atoms. The van der Waals surface area contributed by atoms with Crippen molar-refractivity contribution in [1.82, 2.24) is 19.7 Å². The fourth-order valence-electron chi connectivity index (χ4n) is 3.18. The smallest absolute Gasteiger partial charge is 0.281 e. The van der Waals surface area contributed by atoms with E-state index < -0.39 is 0 Å². The van der Waals surface area contributed by atoms with E-state index in [2.05, 4.69) is 20.4 Å². The van der Waals surface area contributed by atoms with Crippen LogP contribution in [0.2, 0.25) is 0 Å². The number of benzene rings is 2. The summed E-state index contributed by atoms with van der Waals surface area (Å²) in [5, 5.41) is 7.68. The highest BCUT2D eigenvalue weighted by Crippen LogP contribution is 2.28. The first-order chi connectivity index (χ1) is 15.6. The van der Waals surface area contributed by atoms with Crippen molar-refractivity contribution in [2.24, 2.45) is 0 Å². The van der Waals surface area contributed by atoms with Crippen LogP contribution in [0.5, 0.6) is 11.5 Å². The Morgan fingerprint density at radius 1 is 1.03 bits per heavy atom. The SMILES string of the molecule is COc1ccc(CNc2nc(-c3cccnc3)nn2C(=O)c2ccc(C)cc2)cc1OC. The molecule has 4 rings (SSSR count). The van der Waals surface area contributed by atoms with Gasteiger partial charge in [0.25, 0.3) is 5.91 Å². The van der Waals surface area contributed by atoms with Gasteiger partial charge in [0, 0.05) is 30.1 Å². The van der Waals surface area contributed by atoms with Crippen LogP contribution in [-0.4, -0.2) is 39.9 Å². The molecular weight excluding hydrogens is 406 g/mol. The maximum absolute atomic E-state index is 13.2. The lowest BCUT2D eigenvalue weighted by Gasteiger charge is -2.11. The summed E-state index contributed by atoms with van der Waals surface area (Å²) in [7, 11) is 3.18. The third-order valence-electron chi connectivity index (χ3n) is 4.92. The van der Waals surface area contributed by atoms with E-state index in [1.54, 1.807) is 44.8 Å². The molecule has 0 aliphatic heterocycles. The van der Waals surface area contributed by atoms with E-state index in [9.17, 15) is 4.79 Å². The molecular formula is C24H23N5O3. The third-order valence-corrected chi connectivity index (χ3v) is 4.92. The lowest BCUT2D eigenvalue weighted by atomic mass is 10.1. The van der Waals surface area contributed by atoms with Crippen molar-refractivity contribution in [2.75, 3.05) is 19.5 Å². The van der Waals surface area contributed by atoms with E-state index in [4.69, 9.17) is 9.47 Å². The third kappa shape index (κ3) is 4.44. The topological polar surface area (TPSA) is 91.2 Å². The second kappa shape index (κ2) is 9.30. The molecule has 0 amide bonds. The summed E-state index contributed by atoms with van der Waals surface area (Å²) in [6, 6.07) is 16.6. The van der Waals surface area contributed by atoms with Crippen LogP contribution in [0.4, 0.5) is 5.95 Å². The minimum absolute atomic E-state index is 0.276. The molecule has 2 aromatic carbocycles. The number of nitrogens with zero attached hydrogens (tertiary/aromatic N) is 4. The zero-order valence-electron chi connectivity index (χ0n) is 18.1. The normalized spacial score (nSPS) is 10.6. The molecule has 32 heavy (non-hydrogen) atoms. The number of aromatic nitrogens is 4. The second-order valence-electron chi connectivity index (χ2n) is 7.13. The minimum Gasteiger partial charge on any atom is -0.493 e. The summed E-state index contributed by atoms with van der Waals surface area (Å²) in [6.07, 6.45) is 3.34. The molecule has 2 heterocycles. The van der Waals surface area contributed by atoms with Gasteiger partial charge in [0.1, 0.15) is 0 Å². The molecule has 2 aromatic heterocycles. The lowest BCUT2D eigenvalue weighted by molar-refractivity contribution is 0.0947. The number of nitrogens with one attached hydrogen (secondary N) is 1. The van der Waals surface area contributed by atoms with E-state index in [0.29, 0.717) is 35.4 Å². The first kappa shape index (κ1) is 21.0. The summed E-state index contributed by atoms with van der Waals surface area (Å²) >= 11 is 0. The number of ether oxygens (including phenoxy) is 2. The molecule has 8 nitrogen and oxygen atoms in total. The Labute approximate surface area is 185 Å². The van der Waals surface area contributed by atoms with Crippen LogP contribution in [0, 0.1) is 6.92 Å². The number of anilines is 1. The van der Waals surface area contributed by atoms with Crippen LogP contribution in [0.1, 0.15) is 21.5 Å². The van der Waals surface area contributed by atoms with Crippen LogP contribution >= 0.6 is 0 Å². The van der Waals surface area contributed by atoms with E-state index in [-0.39, 0.29) is 5.91 Å². The highest BCUT2D eigenvalue weighted by Gasteiger charge is 2.19. The van der Waals surface area contributed by atoms with Crippen LogP contribution in [0.3, 0.4) is 0 Å². The van der Waals surface area contributed by atoms with Crippen LogP contribution in [-0.2, 0) is 6.54 Å². The fourth-order valence-corrected chi connectivity index (χ4v) is 3.18. The Morgan fingerprint density at radius 3 is 2.50 bits per heavy atom. The van der Waals surface area contributed by atoms with Crippen molar-refractivity contribution >= 4 is 11.9 Å². The average Bonchev–Trinajstić information content (AvgIpc) is 3.27. The zero-order chi connectivity index (χ0) is 22.5. The predicted octanol–water partition coefficient (Wildman–Crippen LogP) is 3.97. The summed E-state index contributed by atoms with van der Waals surface area (Å²) in [6.45, 7) is 2.38. The maximum Gasteiger partial charge on any atom is 0.281 e. The number of pyridine rings is 1. The van der Waals surface area contributed by atoms with Gasteiger partial charge >= 0.3 is 0 Å². The molecule has 0 saturated carbocycles. The van der Waals surface area contributed by atoms with Gasteiger partial charge in [-0.15, -0.1) is 5.10 Å². The monoisotopic (exact) mass is 429 g/mol. The van der Waals surface area contributed by atoms with Crippen LogP contribution < -0.4 is 14.8 Å². The average molecular weight is 429 g/mol. The van der Waals surface area contributed by atoms with E-state index in [1.807, 2.05) is 43.3 Å². The molecule has 0 radical (unpaired) electrons. The maximum atomic E-state index is 13.2. The second-order valence-corrected chi connectivity index (χ2v) is 7.13. The molecule has 0 unspecified atom stereocenters. The van der Waals surface area contributed by atoms with Crippen molar-refractivity contribution in [2.45, 2.75) is 13.5 Å². The molecule has 4 aromatic rings. The van der Waals surface area contributed by atoms with E-state index >= 15 is 0 Å². The Morgan fingerprint density at radius 2 is 1.81 bits per heavy atom. The Balaban J connectivity index is 1.66. The van der Waals surface area contributed by atoms with Crippen LogP contribution in [0.25, 0.3) is 11.4 Å². The van der Waals surface area contributed by atoms with Crippen molar-refractivity contribution in [3.05, 3.63) is 83.7 Å². The number of methoxy groups -OCH3 is 2. The largest absolute Gasteiger partial charge is 0.493 e. The van der Waals surface area contributed by atoms with Crippen molar-refractivity contribution in [3.8, 4) is 22.9 Å². The Hall–Kier alpha value is -4.20. The summed E-state index contributed by atoms with van der Waals surface area (Å²) in [4.78, 5) is 21.9. The fraction of sp³-hybridized carbons (Fsp3) is 0.167. The van der Waals surface area contributed by atoms with Gasteiger partial charge in [-0.1, -0.05) is 23.8 Å². The van der Waals surface area contributed by atoms with Gasteiger partial charge < -0.3 is 14.8 Å². The Kier molecular flexibility index (Phi) is 6.12. The van der Waals surface area contributed by atoms with Crippen molar-refractivity contribution in [3.63, 3.8) is 0 Å². The van der Waals surface area contributed by atoms with Gasteiger partial charge in [-0.3, -0.25) is 9.78 Å². The Bertz CT molecular complexity index is 1220. The number of hydrogen-bond donors (Lipinski definition) is 1. The van der Waals surface area contributed by atoms with Gasteiger partial charge in [-0.05, 0) is 48.9 Å². The van der Waals surface area contributed by atoms with Crippen molar-refractivity contribution in [1.29, 1.82) is 0 Å². The van der Waals surface area contributed by atoms with Crippen LogP contribution in [0.15, 0.2) is 67.0 Å². The molecule has 1 N–H and O–H groups in total. The first-order valence-electron chi connectivity index (χ1n) is 10.0. The highest BCUT2D eigenvalue weighted by molar-refractivity contribution is 5.97. The van der Waals surface area contributed by atoms with Gasteiger partial charge in [0.2, 0.25) is 5.95 Å². The zero-order valence-corrected chi connectivity index (χ0v) is 18.1. The number of rotatable bonds is 7. The number of carbonyl (C=O) groups excluding carboxylic acids is 1. The molecule has 0 fully saturated rings. The first-order valence-corrected chi connectivity index (χ1v) is 10.0. The number of aryl methyl sites for hydroxylation is 1. The van der Waals surface area contributed by atoms with Gasteiger partial charge in [-0.2, -0.15) is 9.67 Å². The predicted molar refractivity (Wildman–Crippen MR) is 121 cm³/mol. The van der Waals surface area contributed by atoms with Crippen molar-refractivity contribution < 1.29 is 14.3 Å². The molecule has 0 aliphatic carbocycles. The molecule has 0 spiro atoms. The number of carbonyl (C=O) groups is 1. The van der Waals surface area contributed by atoms with E-state index in [0.717, 1.165) is 16.7 Å². The number of hydrogen-bond acceptors (Lipinski definition) is 7. The van der Waals surface area contributed by atoms with Gasteiger partial charge in [-0.25, -0.2) is 0 Å². The highest BCUT2D eigenvalue weighted by atomic mass is 16.5. The molecule has 0 aliphatic rings. The van der Waals surface area contributed by atoms with Gasteiger partial charge in [0.15, 0.2) is 17.3 Å². The lowest BCUT2D eigenvalue weighted by Crippen LogP contribution is -2.17. The standard InChI is InChI=1S/C24H23N5O3/c1-16-6-9-18(10-7-16)23(30)29-24(27-22(28-29)19-5-4-12-25-15-19)26-14-17-8-11-20(31-2)21(13-17)32-3/h4-13,15H,14H2,1-3H3,(H,26,27,28). The summed E-state index contributed by atoms with van der Waals surface area (Å²) < 4.78 is 12.0. The molecule has 8 heteroatoms. The molecule has 0 saturated heterocycles. The van der Waals surface area contributed by atoms with Gasteiger partial charge in [0.05, 0.1) is 14.2 Å². The molecule has 0 atom stereocenters.